The lowest BCUT2D eigenvalue weighted by Gasteiger charge is -2.18. The van der Waals surface area contributed by atoms with Crippen molar-refractivity contribution in [2.24, 2.45) is 0 Å². The van der Waals surface area contributed by atoms with Crippen molar-refractivity contribution in [1.29, 1.82) is 0 Å². The molecule has 0 amide bonds. The van der Waals surface area contributed by atoms with E-state index in [4.69, 9.17) is 4.74 Å². The average Bonchev–Trinajstić information content (AvgIpc) is 2.96. The van der Waals surface area contributed by atoms with Crippen molar-refractivity contribution in [3.8, 4) is 5.75 Å². The monoisotopic (exact) mass is 542 g/mol. The molecule has 0 N–H and O–H groups in total. The molecule has 0 radical (unpaired) electrons. The highest BCUT2D eigenvalue weighted by molar-refractivity contribution is 6.53. The summed E-state index contributed by atoms with van der Waals surface area (Å²) in [5.41, 5.74) is 1.63. The molecule has 1 aliphatic rings. The second-order valence-corrected chi connectivity index (χ2v) is 10.9. The van der Waals surface area contributed by atoms with Crippen LogP contribution in [0, 0.1) is 0 Å². The highest BCUT2D eigenvalue weighted by atomic mass is 16.5. The molecule has 0 spiro atoms. The number of allylic oxidation sites excluding steroid dienone is 4. The Kier molecular flexibility index (Phi) is 13.6. The Morgan fingerprint density at radius 3 is 1.70 bits per heavy atom. The molecule has 3 rings (SSSR count). The minimum Gasteiger partial charge on any atom is -0.494 e. The number of ketones is 3. The van der Waals surface area contributed by atoms with Gasteiger partial charge in [0, 0.05) is 11.1 Å². The number of ether oxygens (including phenoxy) is 1. The molecule has 0 heterocycles. The van der Waals surface area contributed by atoms with Gasteiger partial charge in [0.15, 0.2) is 17.3 Å². The molecule has 0 unspecified atom stereocenters. The van der Waals surface area contributed by atoms with Gasteiger partial charge < -0.3 is 4.74 Å². The highest BCUT2D eigenvalue weighted by Gasteiger charge is 2.32. The molecule has 2 aromatic carbocycles. The first-order valence-electron chi connectivity index (χ1n) is 15.4. The first-order valence-corrected chi connectivity index (χ1v) is 15.4. The molecule has 4 nitrogen and oxygen atoms in total. The van der Waals surface area contributed by atoms with Gasteiger partial charge in [-0.2, -0.15) is 0 Å². The molecule has 0 aromatic heterocycles. The summed E-state index contributed by atoms with van der Waals surface area (Å²) in [5.74, 6) is -0.433. The zero-order valence-electron chi connectivity index (χ0n) is 24.5. The molecular weight excluding hydrogens is 496 g/mol. The molecule has 0 aliphatic heterocycles. The second kappa shape index (κ2) is 17.4. The van der Waals surface area contributed by atoms with Crippen LogP contribution in [0.4, 0.5) is 0 Å². The largest absolute Gasteiger partial charge is 0.494 e. The number of Topliss-reactive ketones (excluding diaryl/α,β-unsaturated/α-hetero) is 2. The quantitative estimate of drug-likeness (QED) is 0.101. The van der Waals surface area contributed by atoms with Crippen LogP contribution < -0.4 is 4.74 Å². The van der Waals surface area contributed by atoms with Crippen molar-refractivity contribution in [3.63, 3.8) is 0 Å². The van der Waals surface area contributed by atoms with Crippen LogP contribution in [0.25, 0.3) is 11.1 Å². The minimum absolute atomic E-state index is 0.0549. The third-order valence-electron chi connectivity index (χ3n) is 7.59. The standard InChI is InChI=1S/C36H46O4/c1-3-4-5-6-7-8-9-10-11-12-13-14-15-19-26-40-31-24-22-30(23-25-31)35-34(28(2)37)33(38)27-32(36(35)39)29-20-17-16-18-21-29/h16-18,20-25,27H,3-15,19,26H2,1-2H3. The van der Waals surface area contributed by atoms with Crippen LogP contribution in [0.2, 0.25) is 0 Å². The summed E-state index contributed by atoms with van der Waals surface area (Å²) in [4.78, 5) is 38.6. The third kappa shape index (κ3) is 9.73. The summed E-state index contributed by atoms with van der Waals surface area (Å²) >= 11 is 0. The molecule has 4 heteroatoms. The van der Waals surface area contributed by atoms with Crippen LogP contribution in [0.1, 0.15) is 115 Å². The van der Waals surface area contributed by atoms with Crippen LogP contribution >= 0.6 is 0 Å². The van der Waals surface area contributed by atoms with Crippen molar-refractivity contribution in [3.05, 3.63) is 77.4 Å². The van der Waals surface area contributed by atoms with E-state index in [2.05, 4.69) is 6.92 Å². The Morgan fingerprint density at radius 2 is 1.18 bits per heavy atom. The smallest absolute Gasteiger partial charge is 0.195 e. The van der Waals surface area contributed by atoms with Gasteiger partial charge in [-0.15, -0.1) is 0 Å². The fourth-order valence-electron chi connectivity index (χ4n) is 5.30. The van der Waals surface area contributed by atoms with Crippen molar-refractivity contribution in [1.82, 2.24) is 0 Å². The van der Waals surface area contributed by atoms with E-state index in [0.29, 0.717) is 23.3 Å². The number of rotatable bonds is 19. The second-order valence-electron chi connectivity index (χ2n) is 10.9. The maximum Gasteiger partial charge on any atom is 0.195 e. The number of carbonyl (C=O) groups is 3. The molecular formula is C36H46O4. The van der Waals surface area contributed by atoms with E-state index in [-0.39, 0.29) is 16.9 Å². The molecule has 0 saturated heterocycles. The van der Waals surface area contributed by atoms with Gasteiger partial charge in [0.2, 0.25) is 0 Å². The molecule has 2 aromatic rings. The first kappa shape index (κ1) is 31.3. The molecule has 40 heavy (non-hydrogen) atoms. The maximum absolute atomic E-state index is 13.4. The Morgan fingerprint density at radius 1 is 0.650 bits per heavy atom. The Labute approximate surface area is 240 Å². The summed E-state index contributed by atoms with van der Waals surface area (Å²) in [6, 6.07) is 16.2. The van der Waals surface area contributed by atoms with E-state index in [1.54, 1.807) is 24.3 Å². The lowest BCUT2D eigenvalue weighted by atomic mass is 9.82. The number of benzene rings is 2. The maximum atomic E-state index is 13.4. The number of unbranched alkanes of at least 4 members (excludes halogenated alkanes) is 13. The first-order chi connectivity index (χ1) is 19.5. The topological polar surface area (TPSA) is 60.4 Å². The van der Waals surface area contributed by atoms with Gasteiger partial charge in [-0.25, -0.2) is 0 Å². The molecule has 0 atom stereocenters. The van der Waals surface area contributed by atoms with Gasteiger partial charge in [0.05, 0.1) is 12.2 Å². The van der Waals surface area contributed by atoms with E-state index < -0.39 is 11.6 Å². The zero-order valence-corrected chi connectivity index (χ0v) is 24.5. The summed E-state index contributed by atoms with van der Waals surface area (Å²) in [5, 5.41) is 0. The Balaban J connectivity index is 1.39. The number of carbonyl (C=O) groups excluding carboxylic acids is 3. The SMILES string of the molecule is CCCCCCCCCCCCCCCCOc1ccc(C2=C(C(C)=O)C(=O)C=C(c3ccccc3)C2=O)cc1. The zero-order chi connectivity index (χ0) is 28.6. The van der Waals surface area contributed by atoms with E-state index in [1.807, 2.05) is 30.3 Å². The molecule has 0 saturated carbocycles. The van der Waals surface area contributed by atoms with Gasteiger partial charge in [0.25, 0.3) is 0 Å². The number of hydrogen-bond acceptors (Lipinski definition) is 4. The molecule has 214 valence electrons. The lowest BCUT2D eigenvalue weighted by molar-refractivity contribution is -0.119. The molecule has 0 bridgehead atoms. The van der Waals surface area contributed by atoms with Crippen molar-refractivity contribution in [2.75, 3.05) is 6.61 Å². The van der Waals surface area contributed by atoms with Crippen LogP contribution in [-0.2, 0) is 14.4 Å². The predicted octanol–water partition coefficient (Wildman–Crippen LogP) is 9.12. The van der Waals surface area contributed by atoms with Crippen LogP contribution in [0.15, 0.2) is 66.2 Å². The summed E-state index contributed by atoms with van der Waals surface area (Å²) in [6.07, 6.45) is 19.8. The average molecular weight is 543 g/mol. The Bertz CT molecular complexity index is 1160. The van der Waals surface area contributed by atoms with Crippen molar-refractivity contribution in [2.45, 2.75) is 104 Å². The molecule has 1 aliphatic carbocycles. The van der Waals surface area contributed by atoms with Gasteiger partial charge in [-0.3, -0.25) is 14.4 Å². The van der Waals surface area contributed by atoms with Gasteiger partial charge in [-0.05, 0) is 42.7 Å². The summed E-state index contributed by atoms with van der Waals surface area (Å²) in [6.45, 7) is 4.25. The van der Waals surface area contributed by atoms with Crippen LogP contribution in [0.5, 0.6) is 5.75 Å². The van der Waals surface area contributed by atoms with Gasteiger partial charge >= 0.3 is 0 Å². The van der Waals surface area contributed by atoms with Gasteiger partial charge in [-0.1, -0.05) is 133 Å². The van der Waals surface area contributed by atoms with Crippen LogP contribution in [0.3, 0.4) is 0 Å². The van der Waals surface area contributed by atoms with Crippen molar-refractivity contribution >= 4 is 28.5 Å². The number of hydrogen-bond donors (Lipinski definition) is 0. The lowest BCUT2D eigenvalue weighted by Crippen LogP contribution is -2.21. The van der Waals surface area contributed by atoms with E-state index in [9.17, 15) is 14.4 Å². The van der Waals surface area contributed by atoms with E-state index in [1.165, 1.54) is 90.0 Å². The summed E-state index contributed by atoms with van der Waals surface area (Å²) < 4.78 is 5.92. The summed E-state index contributed by atoms with van der Waals surface area (Å²) in [7, 11) is 0. The normalized spacial score (nSPS) is 13.5. The fourth-order valence-corrected chi connectivity index (χ4v) is 5.30. The van der Waals surface area contributed by atoms with Gasteiger partial charge in [0.1, 0.15) is 5.75 Å². The van der Waals surface area contributed by atoms with Crippen molar-refractivity contribution < 1.29 is 19.1 Å². The highest BCUT2D eigenvalue weighted by Crippen LogP contribution is 2.33. The Hall–Kier alpha value is -3.27. The third-order valence-corrected chi connectivity index (χ3v) is 7.59. The predicted molar refractivity (Wildman–Crippen MR) is 164 cm³/mol. The van der Waals surface area contributed by atoms with Crippen LogP contribution in [-0.4, -0.2) is 24.0 Å². The van der Waals surface area contributed by atoms with E-state index in [0.717, 1.165) is 18.6 Å². The molecule has 0 fully saturated rings. The van der Waals surface area contributed by atoms with E-state index >= 15 is 0 Å². The fraction of sp³-hybridized carbons (Fsp3) is 0.472. The minimum atomic E-state index is -0.431.